The van der Waals surface area contributed by atoms with E-state index in [4.69, 9.17) is 14.0 Å². The second-order valence-electron chi connectivity index (χ2n) is 8.50. The van der Waals surface area contributed by atoms with Crippen molar-refractivity contribution in [3.8, 4) is 23.2 Å². The number of rotatable bonds is 6. The van der Waals surface area contributed by atoms with Crippen LogP contribution in [-0.4, -0.2) is 27.6 Å². The van der Waals surface area contributed by atoms with Crippen molar-refractivity contribution in [2.45, 2.75) is 45.1 Å². The van der Waals surface area contributed by atoms with Crippen molar-refractivity contribution < 1.29 is 14.0 Å². The molecule has 0 saturated carbocycles. The van der Waals surface area contributed by atoms with Gasteiger partial charge in [-0.3, -0.25) is 0 Å². The van der Waals surface area contributed by atoms with Crippen molar-refractivity contribution in [1.29, 1.82) is 0 Å². The maximum atomic E-state index is 6.09. The van der Waals surface area contributed by atoms with E-state index in [1.54, 1.807) is 6.20 Å². The smallest absolute Gasteiger partial charge is 0.167 e. The number of ether oxygens (including phenoxy) is 2. The summed E-state index contributed by atoms with van der Waals surface area (Å²) >= 11 is 3.44. The van der Waals surface area contributed by atoms with Crippen LogP contribution in [0.5, 0.6) is 0 Å². The third-order valence-electron chi connectivity index (χ3n) is 5.86. The van der Waals surface area contributed by atoms with Crippen LogP contribution in [0, 0.1) is 11.8 Å². The summed E-state index contributed by atoms with van der Waals surface area (Å²) in [6, 6.07) is 17.9. The standard InChI is InChI=1S/C28H26BrN3O3/c1-20(34-27-4-2-3-17-33-27)28-30-15-16-32(28)19-25-18-26(35-31-25)23-11-7-21(8-12-23)5-6-22-9-13-24(29)14-10-22/h7-16,18,20,27H,2-4,17,19H2,1H3. The Balaban J connectivity index is 1.23. The summed E-state index contributed by atoms with van der Waals surface area (Å²) in [5, 5.41) is 4.27. The molecule has 1 fully saturated rings. The van der Waals surface area contributed by atoms with Crippen molar-refractivity contribution in [3.05, 3.63) is 94.1 Å². The monoisotopic (exact) mass is 531 g/mol. The van der Waals surface area contributed by atoms with Gasteiger partial charge in [-0.2, -0.15) is 0 Å². The van der Waals surface area contributed by atoms with E-state index < -0.39 is 0 Å². The predicted molar refractivity (Wildman–Crippen MR) is 136 cm³/mol. The highest BCUT2D eigenvalue weighted by Gasteiger charge is 2.21. The summed E-state index contributed by atoms with van der Waals surface area (Å²) in [4.78, 5) is 4.50. The Hall–Kier alpha value is -3.18. The fraction of sp³-hybridized carbons (Fsp3) is 0.286. The van der Waals surface area contributed by atoms with Gasteiger partial charge >= 0.3 is 0 Å². The van der Waals surface area contributed by atoms with Crippen LogP contribution in [0.1, 0.15) is 54.9 Å². The highest BCUT2D eigenvalue weighted by molar-refractivity contribution is 9.10. The molecule has 178 valence electrons. The quantitative estimate of drug-likeness (QED) is 0.271. The minimum absolute atomic E-state index is 0.162. The molecule has 4 aromatic rings. The minimum atomic E-state index is -0.175. The molecule has 2 aromatic carbocycles. The fourth-order valence-corrected chi connectivity index (χ4v) is 4.28. The molecule has 0 radical (unpaired) electrons. The first-order chi connectivity index (χ1) is 17.1. The van der Waals surface area contributed by atoms with E-state index >= 15 is 0 Å². The molecule has 0 aliphatic carbocycles. The molecule has 1 aliphatic heterocycles. The molecule has 3 heterocycles. The van der Waals surface area contributed by atoms with Crippen LogP contribution in [-0.2, 0) is 16.0 Å². The van der Waals surface area contributed by atoms with Crippen LogP contribution in [0.2, 0.25) is 0 Å². The second kappa shape index (κ2) is 11.0. The van der Waals surface area contributed by atoms with Gasteiger partial charge in [-0.1, -0.05) is 32.9 Å². The van der Waals surface area contributed by atoms with E-state index in [0.717, 1.165) is 58.6 Å². The Morgan fingerprint density at radius 2 is 1.83 bits per heavy atom. The molecule has 6 nitrogen and oxygen atoms in total. The first kappa shape index (κ1) is 23.6. The van der Waals surface area contributed by atoms with E-state index in [1.807, 2.05) is 72.3 Å². The number of imidazole rings is 1. The zero-order valence-electron chi connectivity index (χ0n) is 19.5. The summed E-state index contributed by atoms with van der Waals surface area (Å²) in [6.07, 6.45) is 6.53. The molecule has 35 heavy (non-hydrogen) atoms. The molecule has 5 rings (SSSR count). The van der Waals surface area contributed by atoms with Gasteiger partial charge < -0.3 is 18.6 Å². The molecule has 0 spiro atoms. The molecule has 2 atom stereocenters. The van der Waals surface area contributed by atoms with Crippen LogP contribution in [0.4, 0.5) is 0 Å². The molecule has 2 aromatic heterocycles. The van der Waals surface area contributed by atoms with Gasteiger partial charge in [-0.05, 0) is 74.7 Å². The lowest BCUT2D eigenvalue weighted by Gasteiger charge is -2.26. The van der Waals surface area contributed by atoms with E-state index in [0.29, 0.717) is 12.3 Å². The van der Waals surface area contributed by atoms with Gasteiger partial charge in [0, 0.05) is 46.2 Å². The first-order valence-electron chi connectivity index (χ1n) is 11.8. The van der Waals surface area contributed by atoms with E-state index in [9.17, 15) is 0 Å². The highest BCUT2D eigenvalue weighted by Crippen LogP contribution is 2.25. The van der Waals surface area contributed by atoms with Crippen molar-refractivity contribution in [2.24, 2.45) is 0 Å². The zero-order chi connectivity index (χ0) is 24.0. The molecule has 0 bridgehead atoms. The van der Waals surface area contributed by atoms with Crippen LogP contribution in [0.15, 0.2) is 76.0 Å². The van der Waals surface area contributed by atoms with Crippen LogP contribution in [0.3, 0.4) is 0 Å². The van der Waals surface area contributed by atoms with Crippen molar-refractivity contribution in [3.63, 3.8) is 0 Å². The molecule has 1 saturated heterocycles. The molecule has 2 unspecified atom stereocenters. The van der Waals surface area contributed by atoms with Gasteiger partial charge in [0.05, 0.1) is 6.54 Å². The molecule has 0 N–H and O–H groups in total. The maximum absolute atomic E-state index is 6.09. The Kier molecular flexibility index (Phi) is 7.43. The normalized spacial score (nSPS) is 16.5. The minimum Gasteiger partial charge on any atom is -0.356 e. The van der Waals surface area contributed by atoms with E-state index in [2.05, 4.69) is 37.9 Å². The van der Waals surface area contributed by atoms with Crippen LogP contribution < -0.4 is 0 Å². The lowest BCUT2D eigenvalue weighted by Crippen LogP contribution is -2.24. The summed E-state index contributed by atoms with van der Waals surface area (Å²) in [5.41, 5.74) is 3.69. The Bertz CT molecular complexity index is 1310. The van der Waals surface area contributed by atoms with Crippen molar-refractivity contribution >= 4 is 15.9 Å². The number of benzene rings is 2. The number of hydrogen-bond donors (Lipinski definition) is 0. The molecule has 0 amide bonds. The highest BCUT2D eigenvalue weighted by atomic mass is 79.9. The third-order valence-corrected chi connectivity index (χ3v) is 6.39. The average Bonchev–Trinajstić information content (AvgIpc) is 3.55. The summed E-state index contributed by atoms with van der Waals surface area (Å²) in [7, 11) is 0. The van der Waals surface area contributed by atoms with Gasteiger partial charge in [0.15, 0.2) is 12.1 Å². The number of aromatic nitrogens is 3. The molecule has 1 aliphatic rings. The van der Waals surface area contributed by atoms with Crippen LogP contribution in [0.25, 0.3) is 11.3 Å². The number of halogens is 1. The van der Waals surface area contributed by atoms with Gasteiger partial charge in [-0.15, -0.1) is 0 Å². The maximum Gasteiger partial charge on any atom is 0.167 e. The van der Waals surface area contributed by atoms with E-state index in [1.165, 1.54) is 0 Å². The Morgan fingerprint density at radius 1 is 1.09 bits per heavy atom. The summed E-state index contributed by atoms with van der Waals surface area (Å²) in [5.74, 6) is 7.94. The molecule has 7 heteroatoms. The van der Waals surface area contributed by atoms with Gasteiger partial charge in [-0.25, -0.2) is 4.98 Å². The number of nitrogens with zero attached hydrogens (tertiary/aromatic N) is 3. The van der Waals surface area contributed by atoms with Crippen LogP contribution >= 0.6 is 15.9 Å². The van der Waals surface area contributed by atoms with Crippen molar-refractivity contribution in [1.82, 2.24) is 14.7 Å². The largest absolute Gasteiger partial charge is 0.356 e. The van der Waals surface area contributed by atoms with Gasteiger partial charge in [0.25, 0.3) is 0 Å². The SMILES string of the molecule is CC(OC1CCCCO1)c1nccn1Cc1cc(-c2ccc(C#Cc3ccc(Br)cc3)cc2)on1. The summed E-state index contributed by atoms with van der Waals surface area (Å²) in [6.45, 7) is 3.31. The van der Waals surface area contributed by atoms with Crippen molar-refractivity contribution in [2.75, 3.05) is 6.61 Å². The molecular weight excluding hydrogens is 506 g/mol. The Labute approximate surface area is 213 Å². The van der Waals surface area contributed by atoms with E-state index in [-0.39, 0.29) is 12.4 Å². The topological polar surface area (TPSA) is 62.3 Å². The van der Waals surface area contributed by atoms with Gasteiger partial charge in [0.2, 0.25) is 0 Å². The first-order valence-corrected chi connectivity index (χ1v) is 12.5. The molecular formula is C28H26BrN3O3. The lowest BCUT2D eigenvalue weighted by molar-refractivity contribution is -0.188. The average molecular weight is 532 g/mol. The zero-order valence-corrected chi connectivity index (χ0v) is 21.1. The van der Waals surface area contributed by atoms with Gasteiger partial charge in [0.1, 0.15) is 17.6 Å². The Morgan fingerprint density at radius 3 is 2.54 bits per heavy atom. The fourth-order valence-electron chi connectivity index (χ4n) is 4.01. The summed E-state index contributed by atoms with van der Waals surface area (Å²) < 4.78 is 20.5. The second-order valence-corrected chi connectivity index (χ2v) is 9.42. The lowest BCUT2D eigenvalue weighted by atomic mass is 10.1. The third kappa shape index (κ3) is 6.09. The predicted octanol–water partition coefficient (Wildman–Crippen LogP) is 6.35. The number of hydrogen-bond acceptors (Lipinski definition) is 5.